The monoisotopic (exact) mass is 313 g/mol. The third kappa shape index (κ3) is 3.60. The predicted octanol–water partition coefficient (Wildman–Crippen LogP) is 3.33. The first-order valence-electron chi connectivity index (χ1n) is 6.96. The molecule has 0 aliphatic rings. The lowest BCUT2D eigenvalue weighted by Gasteiger charge is -2.05. The molecule has 0 spiro atoms. The molecule has 1 heterocycles. The minimum Gasteiger partial charge on any atom is -0.323 e. The number of amides is 1. The molecule has 0 aliphatic heterocycles. The maximum Gasteiger partial charge on any atom is 0.228 e. The van der Waals surface area contributed by atoms with Gasteiger partial charge in [0, 0.05) is 12.3 Å². The summed E-state index contributed by atoms with van der Waals surface area (Å²) in [4.78, 5) is 12.0. The van der Waals surface area contributed by atoms with Gasteiger partial charge in [-0.2, -0.15) is 5.10 Å². The number of carbonyl (C=O) groups is 1. The number of nitrogens with zero attached hydrogens (tertiary/aromatic N) is 2. The van der Waals surface area contributed by atoms with E-state index in [0.29, 0.717) is 5.56 Å². The summed E-state index contributed by atoms with van der Waals surface area (Å²) >= 11 is 0. The van der Waals surface area contributed by atoms with Crippen molar-refractivity contribution in [3.8, 4) is 5.69 Å². The predicted molar refractivity (Wildman–Crippen MR) is 82.3 cm³/mol. The van der Waals surface area contributed by atoms with Crippen molar-refractivity contribution in [3.05, 3.63) is 78.1 Å². The standard InChI is InChI=1S/C17H13F2N3O/c18-13-6-7-16(15(19)9-13)21-17(23)8-12-10-20-22(11-12)14-4-2-1-3-5-14/h1-7,9-11H,8H2,(H,21,23). The second-order valence-electron chi connectivity index (χ2n) is 4.98. The Morgan fingerprint density at radius 3 is 2.65 bits per heavy atom. The molecule has 0 fully saturated rings. The molecule has 1 N–H and O–H groups in total. The Bertz CT molecular complexity index is 831. The summed E-state index contributed by atoms with van der Waals surface area (Å²) in [7, 11) is 0. The highest BCUT2D eigenvalue weighted by molar-refractivity contribution is 5.92. The van der Waals surface area contributed by atoms with E-state index < -0.39 is 17.5 Å². The highest BCUT2D eigenvalue weighted by atomic mass is 19.1. The first-order valence-corrected chi connectivity index (χ1v) is 6.96. The van der Waals surface area contributed by atoms with E-state index in [1.54, 1.807) is 17.1 Å². The number of carbonyl (C=O) groups excluding carboxylic acids is 1. The van der Waals surface area contributed by atoms with Gasteiger partial charge >= 0.3 is 0 Å². The van der Waals surface area contributed by atoms with Crippen LogP contribution in [0.3, 0.4) is 0 Å². The van der Waals surface area contributed by atoms with E-state index in [-0.39, 0.29) is 12.1 Å². The van der Waals surface area contributed by atoms with E-state index >= 15 is 0 Å². The Labute approximate surface area is 131 Å². The van der Waals surface area contributed by atoms with Crippen LogP contribution in [0.15, 0.2) is 60.9 Å². The lowest BCUT2D eigenvalue weighted by molar-refractivity contribution is -0.115. The molecule has 0 bridgehead atoms. The second kappa shape index (κ2) is 6.39. The lowest BCUT2D eigenvalue weighted by Crippen LogP contribution is -2.15. The van der Waals surface area contributed by atoms with Crippen molar-refractivity contribution in [2.24, 2.45) is 0 Å². The summed E-state index contributed by atoms with van der Waals surface area (Å²) in [6.45, 7) is 0. The lowest BCUT2D eigenvalue weighted by atomic mass is 10.2. The van der Waals surface area contributed by atoms with E-state index in [4.69, 9.17) is 0 Å². The number of para-hydroxylation sites is 1. The highest BCUT2D eigenvalue weighted by Crippen LogP contribution is 2.15. The van der Waals surface area contributed by atoms with E-state index in [1.807, 2.05) is 30.3 Å². The zero-order valence-electron chi connectivity index (χ0n) is 12.0. The van der Waals surface area contributed by atoms with Crippen LogP contribution in [0.25, 0.3) is 5.69 Å². The Hall–Kier alpha value is -3.02. The maximum atomic E-state index is 13.5. The maximum absolute atomic E-state index is 13.5. The number of benzene rings is 2. The first kappa shape index (κ1) is 14.9. The Morgan fingerprint density at radius 2 is 1.91 bits per heavy atom. The minimum absolute atomic E-state index is 0.0453. The molecule has 0 aliphatic carbocycles. The van der Waals surface area contributed by atoms with Crippen LogP contribution in [0.5, 0.6) is 0 Å². The zero-order chi connectivity index (χ0) is 16.2. The Morgan fingerprint density at radius 1 is 1.13 bits per heavy atom. The fraction of sp³-hybridized carbons (Fsp3) is 0.0588. The smallest absolute Gasteiger partial charge is 0.228 e. The summed E-state index contributed by atoms with van der Waals surface area (Å²) in [6.07, 6.45) is 3.35. The molecule has 3 rings (SSSR count). The summed E-state index contributed by atoms with van der Waals surface area (Å²) < 4.78 is 28.0. The topological polar surface area (TPSA) is 46.9 Å². The van der Waals surface area contributed by atoms with Crippen LogP contribution in [0, 0.1) is 11.6 Å². The van der Waals surface area contributed by atoms with Crippen molar-refractivity contribution in [2.45, 2.75) is 6.42 Å². The first-order chi connectivity index (χ1) is 11.1. The van der Waals surface area contributed by atoms with Gasteiger partial charge in [-0.15, -0.1) is 0 Å². The molecule has 2 aromatic carbocycles. The minimum atomic E-state index is -0.807. The molecule has 0 atom stereocenters. The van der Waals surface area contributed by atoms with Gasteiger partial charge in [0.1, 0.15) is 11.6 Å². The van der Waals surface area contributed by atoms with Gasteiger partial charge < -0.3 is 5.32 Å². The van der Waals surface area contributed by atoms with E-state index in [9.17, 15) is 13.6 Å². The molecule has 23 heavy (non-hydrogen) atoms. The van der Waals surface area contributed by atoms with E-state index in [2.05, 4.69) is 10.4 Å². The molecule has 1 amide bonds. The molecule has 3 aromatic rings. The molecule has 6 heteroatoms. The second-order valence-corrected chi connectivity index (χ2v) is 4.98. The van der Waals surface area contributed by atoms with Gasteiger partial charge in [-0.1, -0.05) is 18.2 Å². The van der Waals surface area contributed by atoms with E-state index in [0.717, 1.165) is 17.8 Å². The molecule has 0 unspecified atom stereocenters. The summed E-state index contributed by atoms with van der Waals surface area (Å²) in [6, 6.07) is 12.5. The van der Waals surface area contributed by atoms with Gasteiger partial charge in [0.25, 0.3) is 0 Å². The summed E-state index contributed by atoms with van der Waals surface area (Å²) in [5, 5.41) is 6.61. The van der Waals surface area contributed by atoms with Crippen LogP contribution in [0.2, 0.25) is 0 Å². The number of hydrogen-bond donors (Lipinski definition) is 1. The molecule has 0 saturated heterocycles. The van der Waals surface area contributed by atoms with Crippen LogP contribution in [0.4, 0.5) is 14.5 Å². The normalized spacial score (nSPS) is 10.5. The van der Waals surface area contributed by atoms with Crippen LogP contribution in [-0.2, 0) is 11.2 Å². The Kier molecular flexibility index (Phi) is 4.14. The van der Waals surface area contributed by atoms with Gasteiger partial charge in [-0.25, -0.2) is 13.5 Å². The third-order valence-electron chi connectivity index (χ3n) is 3.23. The van der Waals surface area contributed by atoms with Crippen LogP contribution < -0.4 is 5.32 Å². The molecular weight excluding hydrogens is 300 g/mol. The largest absolute Gasteiger partial charge is 0.323 e. The van der Waals surface area contributed by atoms with Crippen molar-refractivity contribution < 1.29 is 13.6 Å². The van der Waals surface area contributed by atoms with Crippen molar-refractivity contribution in [3.63, 3.8) is 0 Å². The van der Waals surface area contributed by atoms with Crippen molar-refractivity contribution in [1.29, 1.82) is 0 Å². The molecule has 0 radical (unpaired) electrons. The fourth-order valence-electron chi connectivity index (χ4n) is 2.14. The average molecular weight is 313 g/mol. The molecule has 0 saturated carbocycles. The SMILES string of the molecule is O=C(Cc1cnn(-c2ccccc2)c1)Nc1ccc(F)cc1F. The number of halogens is 2. The number of rotatable bonds is 4. The van der Waals surface area contributed by atoms with Crippen LogP contribution in [-0.4, -0.2) is 15.7 Å². The number of anilines is 1. The number of nitrogens with one attached hydrogen (secondary N) is 1. The Balaban J connectivity index is 1.68. The quantitative estimate of drug-likeness (QED) is 0.803. The van der Waals surface area contributed by atoms with Gasteiger partial charge in [0.15, 0.2) is 0 Å². The van der Waals surface area contributed by atoms with Crippen LogP contribution >= 0.6 is 0 Å². The summed E-state index contributed by atoms with van der Waals surface area (Å²) in [5.41, 5.74) is 1.52. The zero-order valence-corrected chi connectivity index (χ0v) is 12.0. The molecule has 1 aromatic heterocycles. The van der Waals surface area contributed by atoms with Gasteiger partial charge in [0.05, 0.1) is 24.0 Å². The summed E-state index contributed by atoms with van der Waals surface area (Å²) in [5.74, 6) is -1.90. The van der Waals surface area contributed by atoms with Crippen molar-refractivity contribution in [1.82, 2.24) is 9.78 Å². The van der Waals surface area contributed by atoms with Crippen molar-refractivity contribution in [2.75, 3.05) is 5.32 Å². The van der Waals surface area contributed by atoms with Gasteiger partial charge in [-0.3, -0.25) is 4.79 Å². The molecule has 116 valence electrons. The average Bonchev–Trinajstić information content (AvgIpc) is 2.99. The number of aromatic nitrogens is 2. The fourth-order valence-corrected chi connectivity index (χ4v) is 2.14. The van der Waals surface area contributed by atoms with Crippen molar-refractivity contribution >= 4 is 11.6 Å². The van der Waals surface area contributed by atoms with Gasteiger partial charge in [-0.05, 0) is 29.8 Å². The van der Waals surface area contributed by atoms with Gasteiger partial charge in [0.2, 0.25) is 5.91 Å². The number of hydrogen-bond acceptors (Lipinski definition) is 2. The molecular formula is C17H13F2N3O. The molecule has 4 nitrogen and oxygen atoms in total. The third-order valence-corrected chi connectivity index (χ3v) is 3.23. The van der Waals surface area contributed by atoms with Crippen LogP contribution in [0.1, 0.15) is 5.56 Å². The highest BCUT2D eigenvalue weighted by Gasteiger charge is 2.10. The van der Waals surface area contributed by atoms with E-state index in [1.165, 1.54) is 6.07 Å².